The zero-order chi connectivity index (χ0) is 25.3. The van der Waals surface area contributed by atoms with Crippen LogP contribution in [-0.2, 0) is 15.1 Å². The van der Waals surface area contributed by atoms with Crippen molar-refractivity contribution in [2.24, 2.45) is 0 Å². The number of esters is 1. The van der Waals surface area contributed by atoms with Gasteiger partial charge in [-0.3, -0.25) is 0 Å². The molecule has 0 aromatic heterocycles. The molecule has 1 saturated carbocycles. The molecule has 0 bridgehead atoms. The Kier molecular flexibility index (Phi) is 9.24. The quantitative estimate of drug-likeness (QED) is 0.309. The van der Waals surface area contributed by atoms with Crippen LogP contribution in [0.3, 0.4) is 0 Å². The zero-order valence-electron chi connectivity index (χ0n) is 21.6. The topological polar surface area (TPSA) is 46.5 Å². The van der Waals surface area contributed by atoms with Crippen LogP contribution in [0.4, 0.5) is 0 Å². The number of likely N-dealkylation sites (tertiary alicyclic amines) is 1. The van der Waals surface area contributed by atoms with Crippen LogP contribution in [0.1, 0.15) is 81.8 Å². The van der Waals surface area contributed by atoms with Gasteiger partial charge in [-0.25, -0.2) is 4.79 Å². The minimum atomic E-state index is -1.85. The Hall–Kier alpha value is -2.61. The second-order valence-electron chi connectivity index (χ2n) is 10.8. The van der Waals surface area contributed by atoms with E-state index in [0.717, 1.165) is 43.3 Å². The predicted octanol–water partition coefficient (Wildman–Crippen LogP) is 5.97. The van der Waals surface area contributed by atoms with Gasteiger partial charge in [-0.1, -0.05) is 79.9 Å². The molecule has 36 heavy (non-hydrogen) atoms. The predicted molar refractivity (Wildman–Crippen MR) is 144 cm³/mol. The van der Waals surface area contributed by atoms with E-state index < -0.39 is 11.6 Å². The number of benzene rings is 2. The average Bonchev–Trinajstić information content (AvgIpc) is 2.87. The summed E-state index contributed by atoms with van der Waals surface area (Å²) in [5.74, 6) is 2.40. The summed E-state index contributed by atoms with van der Waals surface area (Å²) in [6.07, 6.45) is 18.6. The van der Waals surface area contributed by atoms with Crippen LogP contribution < -0.4 is 0 Å². The molecule has 1 aliphatic carbocycles. The third-order valence-electron chi connectivity index (χ3n) is 8.40. The van der Waals surface area contributed by atoms with Crippen molar-refractivity contribution in [1.82, 2.24) is 0 Å². The summed E-state index contributed by atoms with van der Waals surface area (Å²) in [6.45, 7) is 2.46. The number of ether oxygens (including phenoxy) is 1. The first-order valence-corrected chi connectivity index (χ1v) is 13.9. The van der Waals surface area contributed by atoms with Crippen LogP contribution >= 0.6 is 0 Å². The molecule has 0 spiro atoms. The maximum Gasteiger partial charge on any atom is 0.348 e. The summed E-state index contributed by atoms with van der Waals surface area (Å²) >= 11 is 0. The first-order chi connectivity index (χ1) is 17.6. The van der Waals surface area contributed by atoms with Crippen LogP contribution in [-0.4, -0.2) is 47.3 Å². The molecular weight excluding hydrogens is 446 g/mol. The van der Waals surface area contributed by atoms with Crippen molar-refractivity contribution in [3.63, 3.8) is 0 Å². The van der Waals surface area contributed by atoms with E-state index in [1.54, 1.807) is 24.3 Å². The van der Waals surface area contributed by atoms with Crippen LogP contribution in [0, 0.1) is 12.3 Å². The third kappa shape index (κ3) is 6.02. The van der Waals surface area contributed by atoms with Gasteiger partial charge in [0.05, 0.1) is 12.6 Å². The lowest BCUT2D eigenvalue weighted by atomic mass is 9.86. The number of terminal acetylenes is 1. The average molecular weight is 489 g/mol. The van der Waals surface area contributed by atoms with E-state index in [-0.39, 0.29) is 6.10 Å². The van der Waals surface area contributed by atoms with Crippen LogP contribution in [0.5, 0.6) is 0 Å². The number of rotatable bonds is 6. The molecule has 2 aromatic rings. The summed E-state index contributed by atoms with van der Waals surface area (Å²) in [7, 11) is 0. The Morgan fingerprint density at radius 2 is 1.39 bits per heavy atom. The minimum Gasteiger partial charge on any atom is -0.454 e. The van der Waals surface area contributed by atoms with Gasteiger partial charge in [0.2, 0.25) is 5.60 Å². The molecule has 4 rings (SSSR count). The lowest BCUT2D eigenvalue weighted by molar-refractivity contribution is -0.949. The summed E-state index contributed by atoms with van der Waals surface area (Å²) in [4.78, 5) is 13.9. The molecule has 2 atom stereocenters. The van der Waals surface area contributed by atoms with Crippen LogP contribution in [0.15, 0.2) is 60.7 Å². The van der Waals surface area contributed by atoms with Gasteiger partial charge in [-0.2, -0.15) is 0 Å². The number of carbonyl (C=O) groups is 1. The molecule has 2 fully saturated rings. The highest BCUT2D eigenvalue weighted by Crippen LogP contribution is 2.34. The number of carbonyl (C=O) groups excluding carboxylic acids is 1. The number of hydrogen-bond donors (Lipinski definition) is 1. The molecule has 1 saturated heterocycles. The van der Waals surface area contributed by atoms with E-state index in [9.17, 15) is 9.90 Å². The van der Waals surface area contributed by atoms with Crippen molar-refractivity contribution >= 4 is 5.97 Å². The van der Waals surface area contributed by atoms with Gasteiger partial charge >= 0.3 is 5.97 Å². The van der Waals surface area contributed by atoms with E-state index >= 15 is 0 Å². The molecule has 1 heterocycles. The summed E-state index contributed by atoms with van der Waals surface area (Å²) in [6, 6.07) is 18.8. The number of nitrogens with zero attached hydrogens (tertiary/aromatic N) is 1. The Morgan fingerprint density at radius 3 is 1.97 bits per heavy atom. The van der Waals surface area contributed by atoms with Gasteiger partial charge in [-0.05, 0) is 68.4 Å². The van der Waals surface area contributed by atoms with E-state index in [2.05, 4.69) is 5.92 Å². The summed E-state index contributed by atoms with van der Waals surface area (Å²) < 4.78 is 7.13. The Balaban J connectivity index is 1.62. The first-order valence-electron chi connectivity index (χ1n) is 13.9. The van der Waals surface area contributed by atoms with E-state index in [1.165, 1.54) is 44.9 Å². The Morgan fingerprint density at radius 1 is 0.861 bits per heavy atom. The van der Waals surface area contributed by atoms with Crippen molar-refractivity contribution in [2.75, 3.05) is 19.6 Å². The molecule has 1 unspecified atom stereocenters. The van der Waals surface area contributed by atoms with E-state index in [0.29, 0.717) is 23.7 Å². The second-order valence-corrected chi connectivity index (χ2v) is 10.8. The highest BCUT2D eigenvalue weighted by atomic mass is 16.6. The van der Waals surface area contributed by atoms with Gasteiger partial charge in [0.25, 0.3) is 0 Å². The lowest BCUT2D eigenvalue weighted by Gasteiger charge is -2.47. The highest BCUT2D eigenvalue weighted by Gasteiger charge is 2.45. The Labute approximate surface area is 217 Å². The third-order valence-corrected chi connectivity index (χ3v) is 8.40. The fraction of sp³-hybridized carbons (Fsp3) is 0.531. The zero-order valence-corrected chi connectivity index (χ0v) is 21.6. The van der Waals surface area contributed by atoms with Gasteiger partial charge in [0.15, 0.2) is 6.10 Å². The van der Waals surface area contributed by atoms with Gasteiger partial charge < -0.3 is 14.3 Å². The fourth-order valence-electron chi connectivity index (χ4n) is 6.43. The van der Waals surface area contributed by atoms with E-state index in [1.807, 2.05) is 36.4 Å². The first kappa shape index (κ1) is 26.5. The molecule has 1 aliphatic heterocycles. The van der Waals surface area contributed by atoms with Crippen molar-refractivity contribution in [1.29, 1.82) is 0 Å². The molecule has 0 amide bonds. The number of quaternary nitrogens is 1. The highest BCUT2D eigenvalue weighted by molar-refractivity contribution is 5.85. The SMILES string of the molecule is C#CC[N@+]1(C2CCCCCCC2)CCCCCC(OC(=O)C(O)(c2ccccc2)c2ccccc2)C1. The fourth-order valence-corrected chi connectivity index (χ4v) is 6.43. The van der Waals surface area contributed by atoms with Crippen LogP contribution in [0.2, 0.25) is 0 Å². The van der Waals surface area contributed by atoms with Crippen molar-refractivity contribution in [3.05, 3.63) is 71.8 Å². The van der Waals surface area contributed by atoms with Gasteiger partial charge in [0.1, 0.15) is 13.1 Å². The minimum absolute atomic E-state index is 0.268. The lowest BCUT2D eigenvalue weighted by Crippen LogP contribution is -2.60. The smallest absolute Gasteiger partial charge is 0.348 e. The van der Waals surface area contributed by atoms with Gasteiger partial charge in [0, 0.05) is 0 Å². The summed E-state index contributed by atoms with van der Waals surface area (Å²) in [5, 5.41) is 11.9. The normalized spacial score (nSPS) is 24.4. The van der Waals surface area contributed by atoms with Crippen LogP contribution in [0.25, 0.3) is 0 Å². The molecular formula is C32H42NO3+. The monoisotopic (exact) mass is 488 g/mol. The van der Waals surface area contributed by atoms with Gasteiger partial charge in [-0.15, -0.1) is 6.42 Å². The largest absolute Gasteiger partial charge is 0.454 e. The maximum absolute atomic E-state index is 13.9. The van der Waals surface area contributed by atoms with Crippen molar-refractivity contribution < 1.29 is 19.1 Å². The number of aliphatic hydroxyl groups is 1. The Bertz CT molecular complexity index is 952. The maximum atomic E-state index is 13.9. The number of hydrogen-bond acceptors (Lipinski definition) is 3. The molecule has 2 aromatic carbocycles. The standard InChI is InChI=1S/C32H42NO3/c1-2-24-33(29-21-13-4-3-5-14-22-29)25-16-8-15-23-30(26-33)36-31(34)32(35,27-17-9-6-10-18-27)28-19-11-7-12-20-28/h1,6-7,9-12,17-20,29-30,35H,3-5,8,13-16,21-26H2/q+1/t30?,33-/m0/s1. The molecule has 192 valence electrons. The molecule has 4 nitrogen and oxygen atoms in total. The molecule has 1 N–H and O–H groups in total. The molecule has 0 radical (unpaired) electrons. The van der Waals surface area contributed by atoms with E-state index in [4.69, 9.17) is 11.2 Å². The van der Waals surface area contributed by atoms with Crippen molar-refractivity contribution in [2.45, 2.75) is 88.4 Å². The molecule has 2 aliphatic rings. The second kappa shape index (κ2) is 12.6. The van der Waals surface area contributed by atoms with Crippen molar-refractivity contribution in [3.8, 4) is 12.3 Å². The molecule has 4 heteroatoms. The summed E-state index contributed by atoms with van der Waals surface area (Å²) in [5.41, 5.74) is -0.805.